The van der Waals surface area contributed by atoms with Gasteiger partial charge >= 0.3 is 5.97 Å². The van der Waals surface area contributed by atoms with E-state index in [4.69, 9.17) is 33.2 Å². The molecule has 0 unspecified atom stereocenters. The van der Waals surface area contributed by atoms with E-state index in [9.17, 15) is 9.59 Å². The zero-order valence-electron chi connectivity index (χ0n) is 13.3. The average Bonchev–Trinajstić information content (AvgIpc) is 2.58. The largest absolute Gasteiger partial charge is 0.452 e. The number of carbonyl (C=O) groups is 2. The van der Waals surface area contributed by atoms with Crippen LogP contribution in [0.3, 0.4) is 0 Å². The minimum atomic E-state index is -1.01. The summed E-state index contributed by atoms with van der Waals surface area (Å²) in [4.78, 5) is 24.1. The van der Waals surface area contributed by atoms with Crippen molar-refractivity contribution in [2.45, 2.75) is 19.4 Å². The number of rotatable bonds is 5. The third-order valence-electron chi connectivity index (χ3n) is 3.32. The monoisotopic (exact) mass is 376 g/mol. The third-order valence-corrected chi connectivity index (χ3v) is 4.05. The highest BCUT2D eigenvalue weighted by Crippen LogP contribution is 2.23. The minimum Gasteiger partial charge on any atom is -0.452 e. The molecule has 0 aliphatic heterocycles. The second-order valence-electron chi connectivity index (χ2n) is 5.20. The smallest absolute Gasteiger partial charge is 0.311 e. The Morgan fingerprint density at radius 1 is 1.20 bits per heavy atom. The molecule has 2 rings (SSSR count). The fourth-order valence-corrected chi connectivity index (χ4v) is 2.35. The second-order valence-corrected chi connectivity index (χ2v) is 6.02. The van der Waals surface area contributed by atoms with Crippen LogP contribution in [0.4, 0.5) is 5.69 Å². The van der Waals surface area contributed by atoms with Crippen LogP contribution in [0.5, 0.6) is 0 Å². The Kier molecular flexibility index (Phi) is 6.40. The van der Waals surface area contributed by atoms with E-state index in [0.29, 0.717) is 26.9 Å². The number of carbonyl (C=O) groups excluding carboxylic acids is 2. The molecular weight excluding hydrogens is 363 g/mol. The molecule has 0 aliphatic carbocycles. The number of esters is 1. The first-order chi connectivity index (χ1) is 11.9. The Morgan fingerprint density at radius 3 is 2.60 bits per heavy atom. The van der Waals surface area contributed by atoms with Crippen molar-refractivity contribution in [1.29, 1.82) is 5.26 Å². The molecule has 0 saturated heterocycles. The van der Waals surface area contributed by atoms with E-state index in [1.54, 1.807) is 42.5 Å². The number of benzene rings is 2. The molecule has 0 aliphatic rings. The maximum absolute atomic E-state index is 12.1. The number of halogens is 2. The van der Waals surface area contributed by atoms with Gasteiger partial charge in [0.2, 0.25) is 0 Å². The van der Waals surface area contributed by atoms with E-state index in [2.05, 4.69) is 5.32 Å². The van der Waals surface area contributed by atoms with Gasteiger partial charge in [-0.25, -0.2) is 0 Å². The molecule has 128 valence electrons. The topological polar surface area (TPSA) is 79.2 Å². The van der Waals surface area contributed by atoms with E-state index in [-0.39, 0.29) is 6.42 Å². The zero-order valence-corrected chi connectivity index (χ0v) is 14.8. The summed E-state index contributed by atoms with van der Waals surface area (Å²) in [5.74, 6) is -1.10. The zero-order chi connectivity index (χ0) is 18.4. The summed E-state index contributed by atoms with van der Waals surface area (Å²) in [5, 5.41) is 12.3. The molecule has 0 bridgehead atoms. The van der Waals surface area contributed by atoms with Gasteiger partial charge in [0.1, 0.15) is 6.07 Å². The summed E-state index contributed by atoms with van der Waals surface area (Å²) in [6.07, 6.45) is -1.05. The van der Waals surface area contributed by atoms with Crippen molar-refractivity contribution in [3.05, 3.63) is 63.6 Å². The van der Waals surface area contributed by atoms with Crippen molar-refractivity contribution in [3.63, 3.8) is 0 Å². The van der Waals surface area contributed by atoms with E-state index in [0.717, 1.165) is 0 Å². The van der Waals surface area contributed by atoms with Gasteiger partial charge in [-0.3, -0.25) is 9.59 Å². The molecule has 2 aromatic carbocycles. The summed E-state index contributed by atoms with van der Waals surface area (Å²) in [7, 11) is 0. The van der Waals surface area contributed by atoms with Crippen molar-refractivity contribution in [1.82, 2.24) is 0 Å². The summed E-state index contributed by atoms with van der Waals surface area (Å²) >= 11 is 11.7. The number of nitrogens with one attached hydrogen (secondary N) is 1. The summed E-state index contributed by atoms with van der Waals surface area (Å²) < 4.78 is 5.12. The highest BCUT2D eigenvalue weighted by Gasteiger charge is 2.19. The van der Waals surface area contributed by atoms with E-state index >= 15 is 0 Å². The standard InChI is InChI=1S/C18H14Cl2N2O3/c1-11(18(24)22-16-5-3-2-4-13(16)10-21)25-17(23)9-12-6-7-14(19)15(20)8-12/h2-8,11H,9H2,1H3,(H,22,24)/t11-/m0/s1. The SMILES string of the molecule is C[C@H](OC(=O)Cc1ccc(Cl)c(Cl)c1)C(=O)Nc1ccccc1C#N. The molecular formula is C18H14Cl2N2O3. The molecule has 1 atom stereocenters. The average molecular weight is 377 g/mol. The van der Waals surface area contributed by atoms with Crippen LogP contribution in [0.1, 0.15) is 18.1 Å². The van der Waals surface area contributed by atoms with E-state index < -0.39 is 18.0 Å². The number of hydrogen-bond acceptors (Lipinski definition) is 4. The fourth-order valence-electron chi connectivity index (χ4n) is 2.03. The first-order valence-electron chi connectivity index (χ1n) is 7.34. The van der Waals surface area contributed by atoms with Gasteiger partial charge in [0, 0.05) is 0 Å². The van der Waals surface area contributed by atoms with Gasteiger partial charge in [-0.2, -0.15) is 5.26 Å². The molecule has 7 heteroatoms. The molecule has 2 aromatic rings. The van der Waals surface area contributed by atoms with Crippen LogP contribution in [0.2, 0.25) is 10.0 Å². The van der Waals surface area contributed by atoms with Crippen LogP contribution < -0.4 is 5.32 Å². The molecule has 1 N–H and O–H groups in total. The Bertz CT molecular complexity index is 846. The molecule has 0 spiro atoms. The van der Waals surface area contributed by atoms with Gasteiger partial charge in [0.05, 0.1) is 27.7 Å². The highest BCUT2D eigenvalue weighted by atomic mass is 35.5. The summed E-state index contributed by atoms with van der Waals surface area (Å²) in [6, 6.07) is 13.3. The lowest BCUT2D eigenvalue weighted by Crippen LogP contribution is -2.30. The molecule has 0 radical (unpaired) electrons. The van der Waals surface area contributed by atoms with Crippen molar-refractivity contribution < 1.29 is 14.3 Å². The molecule has 0 aromatic heterocycles. The predicted octanol–water partition coefficient (Wildman–Crippen LogP) is 3.98. The maximum atomic E-state index is 12.1. The summed E-state index contributed by atoms with van der Waals surface area (Å²) in [5.41, 5.74) is 1.31. The van der Waals surface area contributed by atoms with E-state index in [1.165, 1.54) is 6.92 Å². The van der Waals surface area contributed by atoms with Crippen molar-refractivity contribution in [2.75, 3.05) is 5.32 Å². The van der Waals surface area contributed by atoms with Crippen LogP contribution >= 0.6 is 23.2 Å². The lowest BCUT2D eigenvalue weighted by Gasteiger charge is -2.14. The Hall–Kier alpha value is -2.55. The fraction of sp³-hybridized carbons (Fsp3) is 0.167. The van der Waals surface area contributed by atoms with Crippen LogP contribution in [0.25, 0.3) is 0 Å². The number of nitrogens with zero attached hydrogens (tertiary/aromatic N) is 1. The maximum Gasteiger partial charge on any atom is 0.311 e. The Balaban J connectivity index is 1.95. The Morgan fingerprint density at radius 2 is 1.92 bits per heavy atom. The second kappa shape index (κ2) is 8.52. The van der Waals surface area contributed by atoms with Gasteiger partial charge < -0.3 is 10.1 Å². The molecule has 0 fully saturated rings. The van der Waals surface area contributed by atoms with Crippen LogP contribution in [-0.2, 0) is 20.7 Å². The first kappa shape index (κ1) is 18.8. The van der Waals surface area contributed by atoms with Crippen molar-refractivity contribution in [3.8, 4) is 6.07 Å². The molecule has 5 nitrogen and oxygen atoms in total. The molecule has 0 heterocycles. The van der Waals surface area contributed by atoms with Crippen molar-refractivity contribution >= 4 is 40.8 Å². The van der Waals surface area contributed by atoms with Crippen molar-refractivity contribution in [2.24, 2.45) is 0 Å². The lowest BCUT2D eigenvalue weighted by atomic mass is 10.1. The number of ether oxygens (including phenoxy) is 1. The molecule has 0 saturated carbocycles. The van der Waals surface area contributed by atoms with Gasteiger partial charge in [-0.05, 0) is 36.8 Å². The molecule has 25 heavy (non-hydrogen) atoms. The number of hydrogen-bond donors (Lipinski definition) is 1. The predicted molar refractivity (Wildman–Crippen MR) is 95.5 cm³/mol. The van der Waals surface area contributed by atoms with Gasteiger partial charge in [0.25, 0.3) is 5.91 Å². The van der Waals surface area contributed by atoms with Crippen LogP contribution in [0, 0.1) is 11.3 Å². The Labute approximate surface area is 155 Å². The first-order valence-corrected chi connectivity index (χ1v) is 8.09. The minimum absolute atomic E-state index is 0.0384. The van der Waals surface area contributed by atoms with Crippen LogP contribution in [-0.4, -0.2) is 18.0 Å². The van der Waals surface area contributed by atoms with Gasteiger partial charge in [-0.1, -0.05) is 41.4 Å². The van der Waals surface area contributed by atoms with Gasteiger partial charge in [0.15, 0.2) is 6.10 Å². The number of amides is 1. The number of nitriles is 1. The quantitative estimate of drug-likeness (QED) is 0.800. The molecule has 1 amide bonds. The summed E-state index contributed by atoms with van der Waals surface area (Å²) in [6.45, 7) is 1.46. The van der Waals surface area contributed by atoms with Crippen LogP contribution in [0.15, 0.2) is 42.5 Å². The number of anilines is 1. The lowest BCUT2D eigenvalue weighted by molar-refractivity contribution is -0.152. The van der Waals surface area contributed by atoms with E-state index in [1.807, 2.05) is 6.07 Å². The number of para-hydroxylation sites is 1. The highest BCUT2D eigenvalue weighted by molar-refractivity contribution is 6.42. The third kappa shape index (κ3) is 5.21. The van der Waals surface area contributed by atoms with Gasteiger partial charge in [-0.15, -0.1) is 0 Å². The normalized spacial score (nSPS) is 11.3.